The van der Waals surface area contributed by atoms with Crippen LogP contribution in [0, 0.1) is 0 Å². The van der Waals surface area contributed by atoms with Crippen LogP contribution in [0.3, 0.4) is 0 Å². The minimum Gasteiger partial charge on any atom is -0.378 e. The molecule has 46 heavy (non-hydrogen) atoms. The Hall–Kier alpha value is -4.07. The zero-order valence-electron chi connectivity index (χ0n) is 26.0. The van der Waals surface area contributed by atoms with Crippen LogP contribution in [0.25, 0.3) is 21.2 Å². The van der Waals surface area contributed by atoms with Crippen molar-refractivity contribution in [2.45, 2.75) is 81.8 Å². The monoisotopic (exact) mass is 629 g/mol. The molecule has 2 aliphatic carbocycles. The number of aryl methyl sites for hydroxylation is 1. The van der Waals surface area contributed by atoms with E-state index in [2.05, 4.69) is 46.8 Å². The molecule has 2 aromatic heterocycles. The van der Waals surface area contributed by atoms with Gasteiger partial charge < -0.3 is 15.0 Å². The number of aliphatic hydroxyl groups excluding tert-OH is 1. The average Bonchev–Trinajstić information content (AvgIpc) is 3.85. The lowest BCUT2D eigenvalue weighted by atomic mass is 9.82. The van der Waals surface area contributed by atoms with Gasteiger partial charge in [-0.3, -0.25) is 9.59 Å². The summed E-state index contributed by atoms with van der Waals surface area (Å²) < 4.78 is 1.20. The first-order chi connectivity index (χ1) is 22.5. The molecular weight excluding hydrogens is 591 g/mol. The lowest BCUT2D eigenvalue weighted by Crippen LogP contribution is -2.36. The summed E-state index contributed by atoms with van der Waals surface area (Å²) in [6.07, 6.45) is 8.39. The summed E-state index contributed by atoms with van der Waals surface area (Å²) in [4.78, 5) is 37.2. The summed E-state index contributed by atoms with van der Waals surface area (Å²) in [5.41, 5.74) is 6.19. The summed E-state index contributed by atoms with van der Waals surface area (Å²) in [5, 5.41) is 14.6. The number of carbonyl (C=O) groups excluding carboxylic acids is 1. The van der Waals surface area contributed by atoms with Gasteiger partial charge in [-0.2, -0.15) is 0 Å². The maximum atomic E-state index is 13.7. The first-order valence-electron chi connectivity index (χ1n) is 16.8. The van der Waals surface area contributed by atoms with Gasteiger partial charge in [0.1, 0.15) is 5.82 Å². The largest absolute Gasteiger partial charge is 0.378 e. The number of benzene rings is 3. The standard InChI is InChI=1S/C39H39N3O3S/c43-35(28-13-6-12-27(21-28)32-24-46-34-17-5-4-15-30(32)34)37(45)42-20-8-16-33-31(23-42)36(44)41-38(40-33)39(18-19-39)29-14-7-11-26(22-29)25-9-2-1-3-10-25/h4-7,11-15,17,21-22,24-25,35,43H,1-3,8-10,16,18-20,23H2,(H,40,41,44). The fraction of sp³-hybridized carbons (Fsp3) is 0.359. The molecule has 3 aromatic carbocycles. The molecule has 2 fully saturated rings. The minimum atomic E-state index is -1.32. The lowest BCUT2D eigenvalue weighted by molar-refractivity contribution is -0.141. The number of carbonyl (C=O) groups is 1. The van der Waals surface area contributed by atoms with E-state index in [1.807, 2.05) is 30.3 Å². The average molecular weight is 630 g/mol. The molecule has 5 aromatic rings. The van der Waals surface area contributed by atoms with Crippen molar-refractivity contribution in [2.24, 2.45) is 0 Å². The van der Waals surface area contributed by atoms with Crippen LogP contribution < -0.4 is 5.56 Å². The Kier molecular flexibility index (Phi) is 7.62. The van der Waals surface area contributed by atoms with Crippen LogP contribution in [0.2, 0.25) is 0 Å². The molecule has 2 saturated carbocycles. The van der Waals surface area contributed by atoms with Crippen LogP contribution in [0.1, 0.15) is 97.2 Å². The second-order valence-corrected chi connectivity index (χ2v) is 14.3. The number of aromatic nitrogens is 2. The highest BCUT2D eigenvalue weighted by Crippen LogP contribution is 2.52. The summed E-state index contributed by atoms with van der Waals surface area (Å²) in [6.45, 7) is 0.608. The first-order valence-corrected chi connectivity index (χ1v) is 17.6. The van der Waals surface area contributed by atoms with Gasteiger partial charge in [0.05, 0.1) is 23.2 Å². The Bertz CT molecular complexity index is 1980. The topological polar surface area (TPSA) is 86.3 Å². The maximum absolute atomic E-state index is 13.7. The van der Waals surface area contributed by atoms with Gasteiger partial charge in [-0.25, -0.2) is 4.98 Å². The highest BCUT2D eigenvalue weighted by atomic mass is 32.1. The number of aliphatic hydroxyl groups is 1. The van der Waals surface area contributed by atoms with Gasteiger partial charge in [0.25, 0.3) is 11.5 Å². The second kappa shape index (κ2) is 11.9. The number of hydrogen-bond donors (Lipinski definition) is 2. The zero-order chi connectivity index (χ0) is 31.3. The van der Waals surface area contributed by atoms with Crippen LogP contribution >= 0.6 is 11.3 Å². The van der Waals surface area contributed by atoms with Crippen molar-refractivity contribution >= 4 is 27.3 Å². The fourth-order valence-corrected chi connectivity index (χ4v) is 8.71. The lowest BCUT2D eigenvalue weighted by Gasteiger charge is -2.25. The molecule has 0 saturated heterocycles. The number of hydrogen-bond acceptors (Lipinski definition) is 5. The minimum absolute atomic E-state index is 0.146. The van der Waals surface area contributed by atoms with Crippen molar-refractivity contribution in [3.8, 4) is 11.1 Å². The molecule has 0 spiro atoms. The molecule has 2 N–H and O–H groups in total. The number of rotatable bonds is 6. The predicted octanol–water partition coefficient (Wildman–Crippen LogP) is 7.79. The number of amides is 1. The molecule has 7 heteroatoms. The summed E-state index contributed by atoms with van der Waals surface area (Å²) in [7, 11) is 0. The van der Waals surface area contributed by atoms with Gasteiger partial charge in [-0.05, 0) is 84.2 Å². The molecule has 0 radical (unpaired) electrons. The number of thiophene rings is 1. The van der Waals surface area contributed by atoms with Gasteiger partial charge in [0, 0.05) is 22.2 Å². The van der Waals surface area contributed by atoms with Crippen molar-refractivity contribution in [1.82, 2.24) is 14.9 Å². The Morgan fingerprint density at radius 1 is 0.978 bits per heavy atom. The van der Waals surface area contributed by atoms with E-state index in [0.29, 0.717) is 36.4 Å². The molecule has 0 bridgehead atoms. The third kappa shape index (κ3) is 5.29. The highest BCUT2D eigenvalue weighted by Gasteiger charge is 2.49. The molecule has 6 nitrogen and oxygen atoms in total. The smallest absolute Gasteiger partial charge is 0.256 e. The van der Waals surface area contributed by atoms with Crippen LogP contribution in [0.15, 0.2) is 83.0 Å². The summed E-state index contributed by atoms with van der Waals surface area (Å²) >= 11 is 1.68. The SMILES string of the molecule is O=C(C(O)c1cccc(-c2csc3ccccc23)c1)N1CCCc2nc(C3(c4cccc(C5CCCCC5)c4)CC3)[nH]c(=O)c2C1. The second-order valence-electron chi connectivity index (χ2n) is 13.4. The first kappa shape index (κ1) is 29.3. The maximum Gasteiger partial charge on any atom is 0.256 e. The van der Waals surface area contributed by atoms with E-state index in [0.717, 1.165) is 40.9 Å². The van der Waals surface area contributed by atoms with Gasteiger partial charge in [-0.15, -0.1) is 11.3 Å². The van der Waals surface area contributed by atoms with Crippen molar-refractivity contribution in [3.05, 3.63) is 122 Å². The highest BCUT2D eigenvalue weighted by molar-refractivity contribution is 7.17. The van der Waals surface area contributed by atoms with Gasteiger partial charge in [0.15, 0.2) is 6.10 Å². The molecule has 3 heterocycles. The Morgan fingerprint density at radius 2 is 1.80 bits per heavy atom. The van der Waals surface area contributed by atoms with E-state index < -0.39 is 6.10 Å². The Morgan fingerprint density at radius 3 is 2.65 bits per heavy atom. The van der Waals surface area contributed by atoms with E-state index in [1.165, 1.54) is 47.9 Å². The molecule has 1 amide bonds. The van der Waals surface area contributed by atoms with Gasteiger partial charge in [-0.1, -0.05) is 79.9 Å². The summed E-state index contributed by atoms with van der Waals surface area (Å²) in [5.74, 6) is 0.997. The molecule has 8 rings (SSSR count). The third-order valence-corrected chi connectivity index (χ3v) is 11.5. The van der Waals surface area contributed by atoms with E-state index in [9.17, 15) is 14.7 Å². The van der Waals surface area contributed by atoms with Crippen LogP contribution in [-0.2, 0) is 23.2 Å². The summed E-state index contributed by atoms with van der Waals surface area (Å²) in [6, 6.07) is 24.9. The molecule has 3 aliphatic rings. The van der Waals surface area contributed by atoms with Gasteiger partial charge in [0.2, 0.25) is 0 Å². The quantitative estimate of drug-likeness (QED) is 0.201. The number of nitrogens with zero attached hydrogens (tertiary/aromatic N) is 2. The van der Waals surface area contributed by atoms with Crippen molar-refractivity contribution in [1.29, 1.82) is 0 Å². The molecule has 1 aliphatic heterocycles. The van der Waals surface area contributed by atoms with Crippen LogP contribution in [-0.4, -0.2) is 32.4 Å². The zero-order valence-corrected chi connectivity index (χ0v) is 26.8. The van der Waals surface area contributed by atoms with E-state index in [1.54, 1.807) is 22.3 Å². The Labute approximate surface area is 273 Å². The van der Waals surface area contributed by atoms with E-state index in [4.69, 9.17) is 4.98 Å². The molecular formula is C39H39N3O3S. The number of fused-ring (bicyclic) bond motifs is 2. The van der Waals surface area contributed by atoms with Crippen molar-refractivity contribution in [3.63, 3.8) is 0 Å². The molecule has 234 valence electrons. The van der Waals surface area contributed by atoms with E-state index >= 15 is 0 Å². The van der Waals surface area contributed by atoms with Crippen LogP contribution in [0.5, 0.6) is 0 Å². The van der Waals surface area contributed by atoms with Crippen LogP contribution in [0.4, 0.5) is 0 Å². The fourth-order valence-electron chi connectivity index (χ4n) is 7.74. The normalized spacial score (nSPS) is 18.6. The number of aromatic amines is 1. The van der Waals surface area contributed by atoms with Crippen molar-refractivity contribution in [2.75, 3.05) is 6.54 Å². The number of H-pyrrole nitrogens is 1. The Balaban J connectivity index is 1.03. The predicted molar refractivity (Wildman–Crippen MR) is 183 cm³/mol. The van der Waals surface area contributed by atoms with E-state index in [-0.39, 0.29) is 23.4 Å². The van der Waals surface area contributed by atoms with Gasteiger partial charge >= 0.3 is 0 Å². The number of nitrogens with one attached hydrogen (secondary N) is 1. The molecule has 1 unspecified atom stereocenters. The third-order valence-electron chi connectivity index (χ3n) is 10.6. The van der Waals surface area contributed by atoms with Crippen molar-refractivity contribution < 1.29 is 9.90 Å². The molecule has 1 atom stereocenters.